The standard InChI is InChI=1S/C21H35N5O4/c1-4-6-8-29-11-15-14(3)10-16(21(15,28)12-27)26-13-23-17-18(26)24-20(22)25-19(17)30-9-7-5-2/h13-16,27-28H,4-12H2,1-3H3,(H2,22,24,25)/t14-,15+,16-,21-/m0/s1. The molecule has 9 nitrogen and oxygen atoms in total. The van der Waals surface area contributed by atoms with Gasteiger partial charge in [0, 0.05) is 12.5 Å². The molecule has 0 unspecified atom stereocenters. The summed E-state index contributed by atoms with van der Waals surface area (Å²) in [6, 6.07) is -0.403. The highest BCUT2D eigenvalue weighted by molar-refractivity contribution is 5.77. The lowest BCUT2D eigenvalue weighted by atomic mass is 9.86. The maximum atomic E-state index is 11.5. The molecule has 1 aliphatic rings. The second-order valence-electron chi connectivity index (χ2n) is 8.33. The number of fused-ring (bicyclic) bond motifs is 1. The first kappa shape index (κ1) is 22.7. The van der Waals surface area contributed by atoms with Crippen LogP contribution >= 0.6 is 0 Å². The summed E-state index contributed by atoms with van der Waals surface area (Å²) < 4.78 is 13.4. The molecule has 168 valence electrons. The normalized spacial score (nSPS) is 26.5. The number of aromatic nitrogens is 4. The lowest BCUT2D eigenvalue weighted by Crippen LogP contribution is -2.46. The monoisotopic (exact) mass is 421 g/mol. The number of aliphatic hydroxyl groups excluding tert-OH is 1. The predicted molar refractivity (Wildman–Crippen MR) is 114 cm³/mol. The van der Waals surface area contributed by atoms with Crippen molar-refractivity contribution in [3.05, 3.63) is 6.33 Å². The lowest BCUT2D eigenvalue weighted by Gasteiger charge is -2.34. The Kier molecular flexibility index (Phi) is 7.49. The van der Waals surface area contributed by atoms with E-state index in [-0.39, 0.29) is 24.4 Å². The lowest BCUT2D eigenvalue weighted by molar-refractivity contribution is -0.0975. The Morgan fingerprint density at radius 3 is 2.67 bits per heavy atom. The van der Waals surface area contributed by atoms with Crippen LogP contribution in [0.2, 0.25) is 0 Å². The molecule has 1 fully saturated rings. The minimum absolute atomic E-state index is 0.0915. The quantitative estimate of drug-likeness (QED) is 0.472. The van der Waals surface area contributed by atoms with Gasteiger partial charge in [-0.25, -0.2) is 4.98 Å². The highest BCUT2D eigenvalue weighted by atomic mass is 16.5. The molecule has 9 heteroatoms. The van der Waals surface area contributed by atoms with Gasteiger partial charge in [-0.1, -0.05) is 33.6 Å². The van der Waals surface area contributed by atoms with E-state index in [4.69, 9.17) is 15.2 Å². The number of ether oxygens (including phenoxy) is 2. The Morgan fingerprint density at radius 2 is 1.97 bits per heavy atom. The van der Waals surface area contributed by atoms with Crippen LogP contribution in [0, 0.1) is 11.8 Å². The van der Waals surface area contributed by atoms with Gasteiger partial charge < -0.3 is 30.0 Å². The number of hydrogen-bond acceptors (Lipinski definition) is 8. The summed E-state index contributed by atoms with van der Waals surface area (Å²) in [4.78, 5) is 13.0. The van der Waals surface area contributed by atoms with Gasteiger partial charge in [0.05, 0.1) is 32.2 Å². The number of imidazole rings is 1. The van der Waals surface area contributed by atoms with E-state index in [2.05, 4.69) is 35.7 Å². The third-order valence-corrected chi connectivity index (χ3v) is 6.17. The number of anilines is 1. The maximum Gasteiger partial charge on any atom is 0.247 e. The molecule has 1 saturated carbocycles. The molecular weight excluding hydrogens is 386 g/mol. The largest absolute Gasteiger partial charge is 0.476 e. The van der Waals surface area contributed by atoms with Crippen LogP contribution in [0.25, 0.3) is 11.2 Å². The Labute approximate surface area is 177 Å². The molecule has 0 radical (unpaired) electrons. The van der Waals surface area contributed by atoms with Crippen LogP contribution < -0.4 is 10.5 Å². The molecular formula is C21H35N5O4. The van der Waals surface area contributed by atoms with Gasteiger partial charge in [-0.05, 0) is 25.2 Å². The zero-order valence-corrected chi connectivity index (χ0v) is 18.3. The van der Waals surface area contributed by atoms with Crippen LogP contribution in [-0.2, 0) is 4.74 Å². The highest BCUT2D eigenvalue weighted by Crippen LogP contribution is 2.48. The van der Waals surface area contributed by atoms with E-state index in [0.717, 1.165) is 25.7 Å². The molecule has 0 aromatic carbocycles. The Hall–Kier alpha value is -1.97. The van der Waals surface area contributed by atoms with Gasteiger partial charge in [-0.2, -0.15) is 9.97 Å². The van der Waals surface area contributed by atoms with E-state index >= 15 is 0 Å². The SMILES string of the molecule is CCCCOC[C@@H]1[C@@H](C)C[C@H](n2cnc3c(OCCCC)nc(N)nc32)[C@]1(O)CO. The average Bonchev–Trinajstić information content (AvgIpc) is 3.24. The van der Waals surface area contributed by atoms with E-state index < -0.39 is 11.6 Å². The van der Waals surface area contributed by atoms with Crippen LogP contribution in [0.3, 0.4) is 0 Å². The average molecular weight is 422 g/mol. The van der Waals surface area contributed by atoms with E-state index in [0.29, 0.717) is 43.3 Å². The number of aliphatic hydroxyl groups is 2. The van der Waals surface area contributed by atoms with Crippen LogP contribution in [0.1, 0.15) is 58.9 Å². The molecule has 4 N–H and O–H groups in total. The van der Waals surface area contributed by atoms with E-state index in [1.165, 1.54) is 0 Å². The van der Waals surface area contributed by atoms with Crippen LogP contribution in [0.4, 0.5) is 5.95 Å². The van der Waals surface area contributed by atoms with Gasteiger partial charge in [-0.3, -0.25) is 0 Å². The minimum atomic E-state index is -1.35. The van der Waals surface area contributed by atoms with Gasteiger partial charge in [0.15, 0.2) is 11.2 Å². The van der Waals surface area contributed by atoms with Crippen molar-refractivity contribution < 1.29 is 19.7 Å². The van der Waals surface area contributed by atoms with Crippen molar-refractivity contribution in [3.8, 4) is 5.88 Å². The molecule has 4 atom stereocenters. The van der Waals surface area contributed by atoms with Crippen LogP contribution in [0.5, 0.6) is 5.88 Å². The third kappa shape index (κ3) is 4.38. The zero-order chi connectivity index (χ0) is 21.7. The summed E-state index contributed by atoms with van der Waals surface area (Å²) in [5, 5.41) is 21.7. The Bertz CT molecular complexity index is 829. The molecule has 3 rings (SSSR count). The first-order valence-corrected chi connectivity index (χ1v) is 11.0. The van der Waals surface area contributed by atoms with Crippen molar-refractivity contribution >= 4 is 17.1 Å². The molecule has 0 spiro atoms. The van der Waals surface area contributed by atoms with Gasteiger partial charge in [0.25, 0.3) is 0 Å². The van der Waals surface area contributed by atoms with E-state index in [1.807, 2.05) is 0 Å². The zero-order valence-electron chi connectivity index (χ0n) is 18.3. The Morgan fingerprint density at radius 1 is 1.23 bits per heavy atom. The number of nitrogens with two attached hydrogens (primary N) is 1. The minimum Gasteiger partial charge on any atom is -0.476 e. The van der Waals surface area contributed by atoms with Crippen molar-refractivity contribution in [2.24, 2.45) is 11.8 Å². The maximum absolute atomic E-state index is 11.5. The van der Waals surface area contributed by atoms with Gasteiger partial charge in [-0.15, -0.1) is 0 Å². The summed E-state index contributed by atoms with van der Waals surface area (Å²) >= 11 is 0. The molecule has 0 amide bonds. The van der Waals surface area contributed by atoms with Crippen molar-refractivity contribution in [1.82, 2.24) is 19.5 Å². The van der Waals surface area contributed by atoms with E-state index in [9.17, 15) is 10.2 Å². The summed E-state index contributed by atoms with van der Waals surface area (Å²) in [6.45, 7) is 7.49. The second kappa shape index (κ2) is 9.89. The molecule has 1 aliphatic carbocycles. The first-order valence-electron chi connectivity index (χ1n) is 11.0. The fourth-order valence-corrected chi connectivity index (χ4v) is 4.35. The molecule has 0 saturated heterocycles. The van der Waals surface area contributed by atoms with Gasteiger partial charge in [0.2, 0.25) is 11.8 Å². The highest BCUT2D eigenvalue weighted by Gasteiger charge is 2.53. The summed E-state index contributed by atoms with van der Waals surface area (Å²) in [5.74, 6) is 0.406. The summed E-state index contributed by atoms with van der Waals surface area (Å²) in [7, 11) is 0. The number of rotatable bonds is 11. The van der Waals surface area contributed by atoms with Gasteiger partial charge >= 0.3 is 0 Å². The predicted octanol–water partition coefficient (Wildman–Crippen LogP) is 2.32. The molecule has 0 bridgehead atoms. The number of hydrogen-bond donors (Lipinski definition) is 3. The van der Waals surface area contributed by atoms with Crippen molar-refractivity contribution in [3.63, 3.8) is 0 Å². The van der Waals surface area contributed by atoms with Gasteiger partial charge in [0.1, 0.15) is 5.60 Å². The van der Waals surface area contributed by atoms with Crippen molar-refractivity contribution in [2.45, 2.75) is 64.5 Å². The third-order valence-electron chi connectivity index (χ3n) is 6.17. The van der Waals surface area contributed by atoms with Crippen molar-refractivity contribution in [1.29, 1.82) is 0 Å². The number of nitrogens with zero attached hydrogens (tertiary/aromatic N) is 4. The number of nitrogen functional groups attached to an aromatic ring is 1. The molecule has 2 heterocycles. The summed E-state index contributed by atoms with van der Waals surface area (Å²) in [6.07, 6.45) is 6.23. The fourth-order valence-electron chi connectivity index (χ4n) is 4.35. The summed E-state index contributed by atoms with van der Waals surface area (Å²) in [5.41, 5.74) is 5.60. The van der Waals surface area contributed by atoms with Crippen molar-refractivity contribution in [2.75, 3.05) is 32.2 Å². The molecule has 0 aliphatic heterocycles. The van der Waals surface area contributed by atoms with Crippen LogP contribution in [0.15, 0.2) is 6.33 Å². The Balaban J connectivity index is 1.90. The topological polar surface area (TPSA) is 129 Å². The molecule has 2 aromatic heterocycles. The van der Waals surface area contributed by atoms with E-state index in [1.54, 1.807) is 10.9 Å². The second-order valence-corrected chi connectivity index (χ2v) is 8.33. The number of unbranched alkanes of at least 4 members (excludes halogenated alkanes) is 2. The molecule has 30 heavy (non-hydrogen) atoms. The molecule has 2 aromatic rings. The fraction of sp³-hybridized carbons (Fsp3) is 0.762. The van der Waals surface area contributed by atoms with Crippen LogP contribution in [-0.4, -0.2) is 61.8 Å². The first-order chi connectivity index (χ1) is 14.5. The smallest absolute Gasteiger partial charge is 0.247 e.